The highest BCUT2D eigenvalue weighted by molar-refractivity contribution is 4.88. The fourth-order valence-electron chi connectivity index (χ4n) is 1.13. The number of hydrogen-bond acceptors (Lipinski definition) is 5. The molecular weight excluding hydrogens is 194 g/mol. The van der Waals surface area contributed by atoms with Gasteiger partial charge < -0.3 is 14.5 Å². The summed E-state index contributed by atoms with van der Waals surface area (Å²) in [6, 6.07) is 0. The molecule has 1 heterocycles. The minimum Gasteiger partial charge on any atom is -0.425 e. The molecule has 0 aliphatic heterocycles. The van der Waals surface area contributed by atoms with Gasteiger partial charge in [0.1, 0.15) is 0 Å². The van der Waals surface area contributed by atoms with Crippen LogP contribution in [-0.2, 0) is 17.6 Å². The highest BCUT2D eigenvalue weighted by Crippen LogP contribution is 2.14. The van der Waals surface area contributed by atoms with Crippen LogP contribution in [0, 0.1) is 0 Å². The molecule has 0 bridgehead atoms. The van der Waals surface area contributed by atoms with Crippen molar-refractivity contribution in [3.8, 4) is 0 Å². The minimum absolute atomic E-state index is 0.257. The van der Waals surface area contributed by atoms with Gasteiger partial charge in [0.05, 0.1) is 12.0 Å². The molecule has 0 radical (unpaired) electrons. The van der Waals surface area contributed by atoms with Gasteiger partial charge in [-0.1, -0.05) is 0 Å². The van der Waals surface area contributed by atoms with Gasteiger partial charge in [0.15, 0.2) is 0 Å². The Kier molecular flexibility index (Phi) is 4.23. The van der Waals surface area contributed by atoms with Gasteiger partial charge in [0.2, 0.25) is 11.8 Å². The molecule has 0 aromatic carbocycles. The Hall–Kier alpha value is -0.940. The molecule has 1 aromatic rings. The van der Waals surface area contributed by atoms with E-state index < -0.39 is 0 Å². The zero-order chi connectivity index (χ0) is 11.3. The molecule has 0 saturated carbocycles. The lowest BCUT2D eigenvalue weighted by molar-refractivity contribution is 0.0179. The minimum atomic E-state index is -0.257. The van der Waals surface area contributed by atoms with Crippen LogP contribution in [0.1, 0.15) is 25.6 Å². The lowest BCUT2D eigenvalue weighted by Gasteiger charge is -2.20. The number of nitrogens with zero attached hydrogens (tertiary/aromatic N) is 2. The number of likely N-dealkylation sites (N-methyl/N-ethyl adjacent to an activating group) is 1. The monoisotopic (exact) mass is 213 g/mol. The van der Waals surface area contributed by atoms with Crippen LogP contribution in [0.2, 0.25) is 0 Å². The first kappa shape index (κ1) is 12.1. The summed E-state index contributed by atoms with van der Waals surface area (Å²) < 4.78 is 10.8. The Morgan fingerprint density at radius 1 is 1.33 bits per heavy atom. The van der Waals surface area contributed by atoms with Crippen molar-refractivity contribution in [1.82, 2.24) is 15.5 Å². The Morgan fingerprint density at radius 2 is 2.00 bits per heavy atom. The number of hydrogen-bond donors (Lipinski definition) is 1. The summed E-state index contributed by atoms with van der Waals surface area (Å²) in [5.41, 5.74) is -0.257. The third kappa shape index (κ3) is 3.97. The second kappa shape index (κ2) is 5.23. The van der Waals surface area contributed by atoms with E-state index in [-0.39, 0.29) is 5.60 Å². The smallest absolute Gasteiger partial charge is 0.219 e. The number of rotatable bonds is 6. The van der Waals surface area contributed by atoms with Crippen molar-refractivity contribution < 1.29 is 9.15 Å². The molecule has 5 heteroatoms. The summed E-state index contributed by atoms with van der Waals surface area (Å²) in [6.07, 6.45) is 1.40. The van der Waals surface area contributed by atoms with Crippen molar-refractivity contribution in [1.29, 1.82) is 0 Å². The van der Waals surface area contributed by atoms with Crippen LogP contribution in [0.5, 0.6) is 0 Å². The molecule has 5 nitrogen and oxygen atoms in total. The van der Waals surface area contributed by atoms with E-state index in [9.17, 15) is 0 Å². The summed E-state index contributed by atoms with van der Waals surface area (Å²) in [5.74, 6) is 1.30. The molecule has 0 atom stereocenters. The second-order valence-corrected chi connectivity index (χ2v) is 4.08. The maximum absolute atomic E-state index is 5.48. The summed E-state index contributed by atoms with van der Waals surface area (Å²) in [4.78, 5) is 0. The van der Waals surface area contributed by atoms with Crippen molar-refractivity contribution in [3.63, 3.8) is 0 Å². The van der Waals surface area contributed by atoms with Crippen molar-refractivity contribution in [2.75, 3.05) is 20.7 Å². The Bertz CT molecular complexity index is 297. The van der Waals surface area contributed by atoms with E-state index >= 15 is 0 Å². The molecule has 1 aromatic heterocycles. The van der Waals surface area contributed by atoms with Gasteiger partial charge in [0.25, 0.3) is 0 Å². The van der Waals surface area contributed by atoms with Gasteiger partial charge >= 0.3 is 0 Å². The van der Waals surface area contributed by atoms with Crippen molar-refractivity contribution in [2.45, 2.75) is 32.3 Å². The SMILES string of the molecule is CNCCc1nnc(CC(C)(C)OC)o1. The van der Waals surface area contributed by atoms with Crippen LogP contribution in [0.3, 0.4) is 0 Å². The maximum atomic E-state index is 5.48. The zero-order valence-electron chi connectivity index (χ0n) is 9.83. The van der Waals surface area contributed by atoms with Crippen LogP contribution < -0.4 is 5.32 Å². The van der Waals surface area contributed by atoms with Gasteiger partial charge in [-0.25, -0.2) is 0 Å². The number of ether oxygens (including phenoxy) is 1. The van der Waals surface area contributed by atoms with E-state index in [2.05, 4.69) is 15.5 Å². The van der Waals surface area contributed by atoms with Gasteiger partial charge in [-0.15, -0.1) is 10.2 Å². The van der Waals surface area contributed by atoms with Gasteiger partial charge in [-0.3, -0.25) is 0 Å². The van der Waals surface area contributed by atoms with E-state index in [1.165, 1.54) is 0 Å². The Balaban J connectivity index is 2.52. The Morgan fingerprint density at radius 3 is 2.60 bits per heavy atom. The van der Waals surface area contributed by atoms with Gasteiger partial charge in [-0.05, 0) is 20.9 Å². The lowest BCUT2D eigenvalue weighted by Crippen LogP contribution is -2.25. The number of nitrogens with one attached hydrogen (secondary N) is 1. The number of methoxy groups -OCH3 is 1. The highest BCUT2D eigenvalue weighted by Gasteiger charge is 2.20. The quantitative estimate of drug-likeness (QED) is 0.757. The first-order chi connectivity index (χ1) is 7.07. The predicted octanol–water partition coefficient (Wildman–Crippen LogP) is 0.799. The average Bonchev–Trinajstić information content (AvgIpc) is 2.62. The fraction of sp³-hybridized carbons (Fsp3) is 0.800. The predicted molar refractivity (Wildman–Crippen MR) is 56.7 cm³/mol. The molecule has 0 aliphatic carbocycles. The first-order valence-corrected chi connectivity index (χ1v) is 5.08. The fourth-order valence-corrected chi connectivity index (χ4v) is 1.13. The molecule has 0 aliphatic rings. The topological polar surface area (TPSA) is 60.2 Å². The Labute approximate surface area is 90.2 Å². The van der Waals surface area contributed by atoms with E-state index in [1.54, 1.807) is 7.11 Å². The average molecular weight is 213 g/mol. The van der Waals surface area contributed by atoms with Crippen molar-refractivity contribution >= 4 is 0 Å². The van der Waals surface area contributed by atoms with Crippen LogP contribution in [0.25, 0.3) is 0 Å². The molecule has 1 N–H and O–H groups in total. The van der Waals surface area contributed by atoms with Crippen molar-refractivity contribution in [3.05, 3.63) is 11.8 Å². The van der Waals surface area contributed by atoms with Crippen molar-refractivity contribution in [2.24, 2.45) is 0 Å². The summed E-state index contributed by atoms with van der Waals surface area (Å²) in [7, 11) is 3.57. The summed E-state index contributed by atoms with van der Waals surface area (Å²) in [5, 5.41) is 11.0. The van der Waals surface area contributed by atoms with E-state index in [0.717, 1.165) is 13.0 Å². The molecular formula is C10H19N3O2. The largest absolute Gasteiger partial charge is 0.425 e. The highest BCUT2D eigenvalue weighted by atomic mass is 16.5. The van der Waals surface area contributed by atoms with Crippen LogP contribution >= 0.6 is 0 Å². The molecule has 0 unspecified atom stereocenters. The van der Waals surface area contributed by atoms with E-state index in [4.69, 9.17) is 9.15 Å². The van der Waals surface area contributed by atoms with E-state index in [1.807, 2.05) is 20.9 Å². The molecule has 0 spiro atoms. The van der Waals surface area contributed by atoms with E-state index in [0.29, 0.717) is 18.2 Å². The van der Waals surface area contributed by atoms with Gasteiger partial charge in [-0.2, -0.15) is 0 Å². The number of aromatic nitrogens is 2. The summed E-state index contributed by atoms with van der Waals surface area (Å²) in [6.45, 7) is 4.82. The third-order valence-corrected chi connectivity index (χ3v) is 2.23. The first-order valence-electron chi connectivity index (χ1n) is 5.08. The van der Waals surface area contributed by atoms with Crippen LogP contribution in [-0.4, -0.2) is 36.5 Å². The van der Waals surface area contributed by atoms with Gasteiger partial charge in [0, 0.05) is 20.1 Å². The normalized spacial score (nSPS) is 12.0. The van der Waals surface area contributed by atoms with Crippen LogP contribution in [0.4, 0.5) is 0 Å². The second-order valence-electron chi connectivity index (χ2n) is 4.08. The molecule has 0 amide bonds. The zero-order valence-corrected chi connectivity index (χ0v) is 9.83. The third-order valence-electron chi connectivity index (χ3n) is 2.23. The molecule has 0 fully saturated rings. The maximum Gasteiger partial charge on any atom is 0.219 e. The lowest BCUT2D eigenvalue weighted by atomic mass is 10.1. The van der Waals surface area contributed by atoms with Crippen LogP contribution in [0.15, 0.2) is 4.42 Å². The molecule has 0 saturated heterocycles. The standard InChI is InChI=1S/C10H19N3O2/c1-10(2,14-4)7-9-13-12-8(15-9)5-6-11-3/h11H,5-7H2,1-4H3. The molecule has 15 heavy (non-hydrogen) atoms. The summed E-state index contributed by atoms with van der Waals surface area (Å²) >= 11 is 0. The molecule has 1 rings (SSSR count). The molecule has 86 valence electrons.